The van der Waals surface area contributed by atoms with Crippen molar-refractivity contribution in [2.75, 3.05) is 24.3 Å². The van der Waals surface area contributed by atoms with Crippen molar-refractivity contribution in [3.8, 4) is 0 Å². The Hall–Kier alpha value is -1.36. The fourth-order valence-corrected chi connectivity index (χ4v) is 1.46. The van der Waals surface area contributed by atoms with Gasteiger partial charge >= 0.3 is 0 Å². The van der Waals surface area contributed by atoms with E-state index in [2.05, 4.69) is 41.4 Å². The summed E-state index contributed by atoms with van der Waals surface area (Å²) in [6, 6.07) is 2.34. The molecule has 2 N–H and O–H groups in total. The Morgan fingerprint density at radius 1 is 1.28 bits per heavy atom. The van der Waals surface area contributed by atoms with Crippen molar-refractivity contribution in [2.45, 2.75) is 46.3 Å². The lowest BCUT2D eigenvalue weighted by molar-refractivity contribution is 0.178. The highest BCUT2D eigenvalue weighted by atomic mass is 16.5. The number of hydrogen-bond acceptors (Lipinski definition) is 5. The minimum absolute atomic E-state index is 0.398. The standard InChI is InChI=1S/C13H24N4O/c1-5-7-14-11-8-12(15-10(3)6-2)17-13(16-11)9-18-4/h8,10H,5-7,9H2,1-4H3,(H2,14,15,16,17). The van der Waals surface area contributed by atoms with E-state index in [1.54, 1.807) is 7.11 Å². The first-order chi connectivity index (χ1) is 8.69. The minimum atomic E-state index is 0.398. The molecule has 18 heavy (non-hydrogen) atoms. The Bertz CT molecular complexity index is 357. The molecule has 1 heterocycles. The van der Waals surface area contributed by atoms with Crippen LogP contribution in [0, 0.1) is 0 Å². The topological polar surface area (TPSA) is 59.1 Å². The SMILES string of the molecule is CCCNc1cc(NC(C)CC)nc(COC)n1. The number of ether oxygens (including phenoxy) is 1. The second kappa shape index (κ2) is 7.87. The maximum atomic E-state index is 5.09. The lowest BCUT2D eigenvalue weighted by Crippen LogP contribution is -2.16. The predicted molar refractivity (Wildman–Crippen MR) is 74.9 cm³/mol. The average Bonchev–Trinajstić information content (AvgIpc) is 2.36. The Kier molecular flexibility index (Phi) is 6.43. The highest BCUT2D eigenvalue weighted by Gasteiger charge is 2.06. The number of nitrogens with zero attached hydrogens (tertiary/aromatic N) is 2. The van der Waals surface area contributed by atoms with Crippen LogP contribution < -0.4 is 10.6 Å². The molecule has 0 fully saturated rings. The van der Waals surface area contributed by atoms with E-state index in [-0.39, 0.29) is 0 Å². The third-order valence-electron chi connectivity index (χ3n) is 2.61. The molecule has 5 nitrogen and oxygen atoms in total. The molecule has 0 radical (unpaired) electrons. The lowest BCUT2D eigenvalue weighted by atomic mass is 10.2. The van der Waals surface area contributed by atoms with Gasteiger partial charge in [0.25, 0.3) is 0 Å². The van der Waals surface area contributed by atoms with Gasteiger partial charge in [-0.25, -0.2) is 9.97 Å². The van der Waals surface area contributed by atoms with Crippen LogP contribution in [0.4, 0.5) is 11.6 Å². The highest BCUT2D eigenvalue weighted by molar-refractivity contribution is 5.48. The quantitative estimate of drug-likeness (QED) is 0.745. The maximum Gasteiger partial charge on any atom is 0.158 e. The fraction of sp³-hybridized carbons (Fsp3) is 0.692. The van der Waals surface area contributed by atoms with Gasteiger partial charge in [-0.05, 0) is 19.8 Å². The van der Waals surface area contributed by atoms with Crippen molar-refractivity contribution >= 4 is 11.6 Å². The maximum absolute atomic E-state index is 5.09. The minimum Gasteiger partial charge on any atom is -0.377 e. The third-order valence-corrected chi connectivity index (χ3v) is 2.61. The van der Waals surface area contributed by atoms with Gasteiger partial charge < -0.3 is 15.4 Å². The number of nitrogens with one attached hydrogen (secondary N) is 2. The summed E-state index contributed by atoms with van der Waals surface area (Å²) < 4.78 is 5.09. The van der Waals surface area contributed by atoms with Crippen LogP contribution >= 0.6 is 0 Å². The van der Waals surface area contributed by atoms with Gasteiger partial charge in [0.05, 0.1) is 0 Å². The van der Waals surface area contributed by atoms with Crippen LogP contribution in [0.2, 0.25) is 0 Å². The molecule has 0 spiro atoms. The average molecular weight is 252 g/mol. The monoisotopic (exact) mass is 252 g/mol. The second-order valence-electron chi connectivity index (χ2n) is 4.37. The normalized spacial score (nSPS) is 12.2. The Morgan fingerprint density at radius 2 is 2.00 bits per heavy atom. The van der Waals surface area contributed by atoms with Crippen molar-refractivity contribution in [1.82, 2.24) is 9.97 Å². The molecule has 0 saturated carbocycles. The van der Waals surface area contributed by atoms with Gasteiger partial charge in [-0.2, -0.15) is 0 Å². The molecule has 0 aromatic carbocycles. The first kappa shape index (κ1) is 14.7. The summed E-state index contributed by atoms with van der Waals surface area (Å²) in [7, 11) is 1.65. The van der Waals surface area contributed by atoms with E-state index in [1.807, 2.05) is 6.07 Å². The van der Waals surface area contributed by atoms with Crippen molar-refractivity contribution in [3.05, 3.63) is 11.9 Å². The fourth-order valence-electron chi connectivity index (χ4n) is 1.46. The summed E-state index contributed by atoms with van der Waals surface area (Å²) in [4.78, 5) is 8.84. The van der Waals surface area contributed by atoms with E-state index in [1.165, 1.54) is 0 Å². The van der Waals surface area contributed by atoms with Gasteiger partial charge in [0, 0.05) is 25.8 Å². The van der Waals surface area contributed by atoms with Gasteiger partial charge in [-0.15, -0.1) is 0 Å². The van der Waals surface area contributed by atoms with Crippen molar-refractivity contribution in [1.29, 1.82) is 0 Å². The summed E-state index contributed by atoms with van der Waals surface area (Å²) in [5.41, 5.74) is 0. The van der Waals surface area contributed by atoms with E-state index >= 15 is 0 Å². The van der Waals surface area contributed by atoms with Crippen molar-refractivity contribution in [2.24, 2.45) is 0 Å². The molecule has 5 heteroatoms. The Labute approximate surface area is 109 Å². The van der Waals surface area contributed by atoms with Gasteiger partial charge in [-0.1, -0.05) is 13.8 Å². The number of aromatic nitrogens is 2. The second-order valence-corrected chi connectivity index (χ2v) is 4.37. The van der Waals surface area contributed by atoms with Crippen molar-refractivity contribution < 1.29 is 4.74 Å². The highest BCUT2D eigenvalue weighted by Crippen LogP contribution is 2.13. The van der Waals surface area contributed by atoms with Crippen LogP contribution in [0.15, 0.2) is 6.07 Å². The smallest absolute Gasteiger partial charge is 0.158 e. The van der Waals surface area contributed by atoms with Crippen molar-refractivity contribution in [3.63, 3.8) is 0 Å². The molecule has 0 aliphatic heterocycles. The number of anilines is 2. The molecular weight excluding hydrogens is 228 g/mol. The molecule has 1 rings (SSSR count). The first-order valence-electron chi connectivity index (χ1n) is 6.56. The van der Waals surface area contributed by atoms with Gasteiger partial charge in [0.2, 0.25) is 0 Å². The van der Waals surface area contributed by atoms with E-state index in [0.29, 0.717) is 18.5 Å². The van der Waals surface area contributed by atoms with Gasteiger partial charge in [0.1, 0.15) is 18.2 Å². The molecule has 0 aliphatic rings. The van der Waals surface area contributed by atoms with E-state index in [0.717, 1.165) is 31.0 Å². The van der Waals surface area contributed by atoms with E-state index in [9.17, 15) is 0 Å². The molecule has 1 aromatic heterocycles. The lowest BCUT2D eigenvalue weighted by Gasteiger charge is -2.14. The zero-order valence-corrected chi connectivity index (χ0v) is 11.8. The van der Waals surface area contributed by atoms with Crippen LogP contribution in [0.3, 0.4) is 0 Å². The van der Waals surface area contributed by atoms with E-state index < -0.39 is 0 Å². The number of methoxy groups -OCH3 is 1. The van der Waals surface area contributed by atoms with Crippen LogP contribution in [-0.4, -0.2) is 29.7 Å². The Morgan fingerprint density at radius 3 is 2.61 bits per heavy atom. The molecular formula is C13H24N4O. The first-order valence-corrected chi connectivity index (χ1v) is 6.56. The van der Waals surface area contributed by atoms with Crippen LogP contribution in [-0.2, 0) is 11.3 Å². The van der Waals surface area contributed by atoms with Gasteiger partial charge in [-0.3, -0.25) is 0 Å². The Balaban J connectivity index is 2.83. The largest absolute Gasteiger partial charge is 0.377 e. The summed E-state index contributed by atoms with van der Waals surface area (Å²) >= 11 is 0. The van der Waals surface area contributed by atoms with Crippen LogP contribution in [0.5, 0.6) is 0 Å². The molecule has 0 amide bonds. The zero-order chi connectivity index (χ0) is 13.4. The summed E-state index contributed by atoms with van der Waals surface area (Å²) in [5.74, 6) is 2.40. The van der Waals surface area contributed by atoms with E-state index in [4.69, 9.17) is 4.74 Å². The zero-order valence-electron chi connectivity index (χ0n) is 11.8. The van der Waals surface area contributed by atoms with Crippen LogP contribution in [0.1, 0.15) is 39.4 Å². The molecule has 1 aromatic rings. The molecule has 0 aliphatic carbocycles. The molecule has 1 atom stereocenters. The molecule has 0 saturated heterocycles. The summed E-state index contributed by atoms with van der Waals surface area (Å²) in [6.45, 7) is 7.74. The molecule has 0 bridgehead atoms. The molecule has 102 valence electrons. The van der Waals surface area contributed by atoms with Crippen LogP contribution in [0.25, 0.3) is 0 Å². The molecule has 1 unspecified atom stereocenters. The van der Waals surface area contributed by atoms with Gasteiger partial charge in [0.15, 0.2) is 5.82 Å². The summed E-state index contributed by atoms with van der Waals surface area (Å²) in [6.07, 6.45) is 2.12. The predicted octanol–water partition coefficient (Wildman–Crippen LogP) is 2.66. The summed E-state index contributed by atoms with van der Waals surface area (Å²) in [5, 5.41) is 6.64. The number of hydrogen-bond donors (Lipinski definition) is 2. The number of rotatable bonds is 8. The third kappa shape index (κ3) is 4.87.